The lowest BCUT2D eigenvalue weighted by molar-refractivity contribution is 0.617. The molecule has 17 heavy (non-hydrogen) atoms. The number of nitrogens with zero attached hydrogens (tertiary/aromatic N) is 4. The minimum absolute atomic E-state index is 0.149. The van der Waals surface area contributed by atoms with E-state index >= 15 is 0 Å². The second-order valence-electron chi connectivity index (χ2n) is 3.73. The van der Waals surface area contributed by atoms with Crippen LogP contribution in [0.15, 0.2) is 25.0 Å². The van der Waals surface area contributed by atoms with Crippen molar-refractivity contribution in [2.45, 2.75) is 19.5 Å². The molecule has 0 saturated carbocycles. The molecular formula is C10H13ClN6. The van der Waals surface area contributed by atoms with Crippen molar-refractivity contribution in [2.24, 2.45) is 0 Å². The quantitative estimate of drug-likeness (QED) is 0.860. The minimum Gasteiger partial charge on any atom is -0.382 e. The van der Waals surface area contributed by atoms with Crippen LogP contribution in [0.3, 0.4) is 0 Å². The third-order valence-electron chi connectivity index (χ3n) is 2.24. The predicted octanol–water partition coefficient (Wildman–Crippen LogP) is 1.41. The molecule has 0 saturated heterocycles. The number of aromatic nitrogens is 4. The van der Waals surface area contributed by atoms with Crippen molar-refractivity contribution in [3.8, 4) is 0 Å². The van der Waals surface area contributed by atoms with Crippen molar-refractivity contribution in [3.63, 3.8) is 0 Å². The maximum Gasteiger partial charge on any atom is 0.150 e. The summed E-state index contributed by atoms with van der Waals surface area (Å²) in [7, 11) is 0. The largest absolute Gasteiger partial charge is 0.382 e. The van der Waals surface area contributed by atoms with Crippen molar-refractivity contribution in [1.82, 2.24) is 19.5 Å². The van der Waals surface area contributed by atoms with Gasteiger partial charge in [0, 0.05) is 25.0 Å². The number of nitrogens with one attached hydrogen (secondary N) is 1. The molecule has 1 atom stereocenters. The summed E-state index contributed by atoms with van der Waals surface area (Å²) in [4.78, 5) is 11.8. The van der Waals surface area contributed by atoms with E-state index in [0.29, 0.717) is 10.8 Å². The number of nitrogens with two attached hydrogens (primary N) is 1. The SMILES string of the molecule is CC(Cn1ccnc1)Nc1ncnc(N)c1Cl. The highest BCUT2D eigenvalue weighted by molar-refractivity contribution is 6.35. The number of anilines is 2. The smallest absolute Gasteiger partial charge is 0.150 e. The number of nitrogen functional groups attached to an aromatic ring is 1. The Labute approximate surface area is 104 Å². The van der Waals surface area contributed by atoms with Crippen LogP contribution in [0, 0.1) is 0 Å². The first kappa shape index (κ1) is 11.7. The molecule has 0 aliphatic carbocycles. The number of halogens is 1. The van der Waals surface area contributed by atoms with Gasteiger partial charge in [0.25, 0.3) is 0 Å². The third-order valence-corrected chi connectivity index (χ3v) is 2.62. The average Bonchev–Trinajstić information content (AvgIpc) is 2.77. The first-order valence-electron chi connectivity index (χ1n) is 5.15. The van der Waals surface area contributed by atoms with Crippen molar-refractivity contribution in [3.05, 3.63) is 30.1 Å². The highest BCUT2D eigenvalue weighted by Crippen LogP contribution is 2.23. The zero-order valence-corrected chi connectivity index (χ0v) is 10.1. The van der Waals surface area contributed by atoms with Crippen LogP contribution in [0.2, 0.25) is 5.02 Å². The molecule has 6 nitrogen and oxygen atoms in total. The Morgan fingerprint density at radius 3 is 3.06 bits per heavy atom. The molecule has 0 fully saturated rings. The third kappa shape index (κ3) is 2.85. The maximum absolute atomic E-state index is 5.99. The summed E-state index contributed by atoms with van der Waals surface area (Å²) < 4.78 is 1.97. The number of hydrogen-bond acceptors (Lipinski definition) is 5. The van der Waals surface area contributed by atoms with Crippen LogP contribution in [0.5, 0.6) is 0 Å². The molecule has 0 bridgehead atoms. The van der Waals surface area contributed by atoms with Crippen molar-refractivity contribution >= 4 is 23.2 Å². The summed E-state index contributed by atoms with van der Waals surface area (Å²) >= 11 is 5.99. The molecule has 0 amide bonds. The molecule has 0 aromatic carbocycles. The lowest BCUT2D eigenvalue weighted by atomic mass is 10.3. The van der Waals surface area contributed by atoms with Gasteiger partial charge in [0.15, 0.2) is 5.82 Å². The first-order chi connectivity index (χ1) is 8.16. The van der Waals surface area contributed by atoms with Crippen LogP contribution in [-0.4, -0.2) is 25.6 Å². The van der Waals surface area contributed by atoms with E-state index < -0.39 is 0 Å². The summed E-state index contributed by atoms with van der Waals surface area (Å²) in [5.41, 5.74) is 5.59. The van der Waals surface area contributed by atoms with Gasteiger partial charge < -0.3 is 15.6 Å². The van der Waals surface area contributed by atoms with Crippen LogP contribution in [0.25, 0.3) is 0 Å². The van der Waals surface area contributed by atoms with E-state index in [1.807, 2.05) is 17.7 Å². The molecule has 3 N–H and O–H groups in total. The molecule has 0 spiro atoms. The minimum atomic E-state index is 0.149. The molecule has 2 aromatic rings. The summed E-state index contributed by atoms with van der Waals surface area (Å²) in [6.45, 7) is 2.79. The molecule has 0 aliphatic rings. The summed E-state index contributed by atoms with van der Waals surface area (Å²) in [6, 6.07) is 0.149. The van der Waals surface area contributed by atoms with E-state index in [4.69, 9.17) is 17.3 Å². The van der Waals surface area contributed by atoms with E-state index in [1.165, 1.54) is 6.33 Å². The molecule has 0 aliphatic heterocycles. The number of imidazole rings is 1. The molecule has 1 unspecified atom stereocenters. The number of rotatable bonds is 4. The van der Waals surface area contributed by atoms with Gasteiger partial charge in [-0.1, -0.05) is 11.6 Å². The molecule has 7 heteroatoms. The summed E-state index contributed by atoms with van der Waals surface area (Å²) in [5, 5.41) is 3.53. The van der Waals surface area contributed by atoms with Gasteiger partial charge >= 0.3 is 0 Å². The van der Waals surface area contributed by atoms with E-state index in [9.17, 15) is 0 Å². The summed E-state index contributed by atoms with van der Waals surface area (Å²) in [6.07, 6.45) is 6.78. The standard InChI is InChI=1S/C10H13ClN6/c1-7(4-17-3-2-13-6-17)16-10-8(11)9(12)14-5-15-10/h2-3,5-7H,4H2,1H3,(H3,12,14,15,16). The first-order valence-corrected chi connectivity index (χ1v) is 5.53. The molecule has 2 heterocycles. The lowest BCUT2D eigenvalue weighted by Gasteiger charge is -2.15. The highest BCUT2D eigenvalue weighted by atomic mass is 35.5. The van der Waals surface area contributed by atoms with E-state index in [-0.39, 0.29) is 11.9 Å². The Morgan fingerprint density at radius 2 is 2.35 bits per heavy atom. The van der Waals surface area contributed by atoms with E-state index in [2.05, 4.69) is 20.3 Å². The Kier molecular flexibility index (Phi) is 3.43. The molecule has 90 valence electrons. The topological polar surface area (TPSA) is 81.7 Å². The zero-order chi connectivity index (χ0) is 12.3. The van der Waals surface area contributed by atoms with Crippen LogP contribution in [-0.2, 0) is 6.54 Å². The fraction of sp³-hybridized carbons (Fsp3) is 0.300. The average molecular weight is 253 g/mol. The van der Waals surface area contributed by atoms with Crippen molar-refractivity contribution in [2.75, 3.05) is 11.1 Å². The Morgan fingerprint density at radius 1 is 1.53 bits per heavy atom. The van der Waals surface area contributed by atoms with Crippen LogP contribution < -0.4 is 11.1 Å². The van der Waals surface area contributed by atoms with E-state index in [1.54, 1.807) is 12.5 Å². The fourth-order valence-electron chi connectivity index (χ4n) is 1.47. The molecule has 0 radical (unpaired) electrons. The second kappa shape index (κ2) is 5.01. The van der Waals surface area contributed by atoms with Crippen LogP contribution in [0.4, 0.5) is 11.6 Å². The maximum atomic E-state index is 5.99. The van der Waals surface area contributed by atoms with Gasteiger partial charge in [-0.2, -0.15) is 0 Å². The van der Waals surface area contributed by atoms with Crippen LogP contribution in [0.1, 0.15) is 6.92 Å². The Bertz CT molecular complexity index is 484. The molecule has 2 rings (SSSR count). The van der Waals surface area contributed by atoms with Gasteiger partial charge in [0.1, 0.15) is 17.2 Å². The fourth-order valence-corrected chi connectivity index (χ4v) is 1.63. The predicted molar refractivity (Wildman–Crippen MR) is 66.8 cm³/mol. The molecular weight excluding hydrogens is 240 g/mol. The zero-order valence-electron chi connectivity index (χ0n) is 9.34. The highest BCUT2D eigenvalue weighted by Gasteiger charge is 2.09. The van der Waals surface area contributed by atoms with E-state index in [0.717, 1.165) is 6.54 Å². The lowest BCUT2D eigenvalue weighted by Crippen LogP contribution is -2.22. The number of hydrogen-bond donors (Lipinski definition) is 2. The van der Waals surface area contributed by atoms with Gasteiger partial charge in [-0.05, 0) is 6.92 Å². The monoisotopic (exact) mass is 252 g/mol. The summed E-state index contributed by atoms with van der Waals surface area (Å²) in [5.74, 6) is 0.825. The Hall–Kier alpha value is -1.82. The van der Waals surface area contributed by atoms with Gasteiger partial charge in [-0.25, -0.2) is 15.0 Å². The van der Waals surface area contributed by atoms with Crippen molar-refractivity contribution in [1.29, 1.82) is 0 Å². The van der Waals surface area contributed by atoms with Crippen LogP contribution >= 0.6 is 11.6 Å². The normalized spacial score (nSPS) is 12.4. The Balaban J connectivity index is 2.03. The molecule has 2 aromatic heterocycles. The van der Waals surface area contributed by atoms with Gasteiger partial charge in [0.05, 0.1) is 6.33 Å². The van der Waals surface area contributed by atoms with Gasteiger partial charge in [-0.3, -0.25) is 0 Å². The van der Waals surface area contributed by atoms with Gasteiger partial charge in [0.2, 0.25) is 0 Å². The second-order valence-corrected chi connectivity index (χ2v) is 4.10. The van der Waals surface area contributed by atoms with Crippen molar-refractivity contribution < 1.29 is 0 Å². The van der Waals surface area contributed by atoms with Gasteiger partial charge in [-0.15, -0.1) is 0 Å².